The van der Waals surface area contributed by atoms with Gasteiger partial charge in [0.1, 0.15) is 0 Å². The highest BCUT2D eigenvalue weighted by atomic mass is 32.2. The van der Waals surface area contributed by atoms with Crippen molar-refractivity contribution in [1.29, 1.82) is 0 Å². The minimum Gasteiger partial charge on any atom is -0.379 e. The molecule has 0 unspecified atom stereocenters. The predicted octanol–water partition coefficient (Wildman–Crippen LogP) is 3.18. The van der Waals surface area contributed by atoms with E-state index in [1.54, 1.807) is 0 Å². The molecule has 1 aromatic carbocycles. The molecule has 26 heavy (non-hydrogen) atoms. The maximum Gasteiger partial charge on any atom is 0.234 e. The highest BCUT2D eigenvalue weighted by Gasteiger charge is 2.20. The zero-order valence-corrected chi connectivity index (χ0v) is 16.6. The Morgan fingerprint density at radius 1 is 1.23 bits per heavy atom. The van der Waals surface area contributed by atoms with Gasteiger partial charge >= 0.3 is 0 Å². The molecule has 2 aromatic rings. The molecule has 0 aliphatic carbocycles. The number of aromatic nitrogens is 1. The second-order valence-corrected chi connectivity index (χ2v) is 9.25. The number of nitrogens with one attached hydrogen (secondary N) is 1. The van der Waals surface area contributed by atoms with Crippen molar-refractivity contribution in [3.63, 3.8) is 0 Å². The lowest BCUT2D eigenvalue weighted by molar-refractivity contribution is 0.0347. The Morgan fingerprint density at radius 2 is 1.96 bits per heavy atom. The smallest absolute Gasteiger partial charge is 0.234 e. The molecule has 0 atom stereocenters. The van der Waals surface area contributed by atoms with Crippen molar-refractivity contribution in [1.82, 2.24) is 9.88 Å². The molecular formula is C18H25N3O3S2. The minimum atomic E-state index is -3.35. The van der Waals surface area contributed by atoms with Crippen LogP contribution < -0.4 is 4.72 Å². The number of thiazole rings is 1. The van der Waals surface area contributed by atoms with E-state index >= 15 is 0 Å². The van der Waals surface area contributed by atoms with E-state index in [0.29, 0.717) is 11.6 Å². The van der Waals surface area contributed by atoms with Crippen LogP contribution in [0.1, 0.15) is 24.6 Å². The first kappa shape index (κ1) is 19.3. The summed E-state index contributed by atoms with van der Waals surface area (Å²) in [5.74, 6) is 0.128. The monoisotopic (exact) mass is 395 g/mol. The Morgan fingerprint density at radius 3 is 2.65 bits per heavy atom. The topological polar surface area (TPSA) is 71.5 Å². The minimum absolute atomic E-state index is 0.128. The van der Waals surface area contributed by atoms with Gasteiger partial charge in [0.2, 0.25) is 10.0 Å². The van der Waals surface area contributed by atoms with Gasteiger partial charge in [0, 0.05) is 30.1 Å². The number of unbranched alkanes of at least 4 members (excludes halogenated alkanes) is 1. The average molecular weight is 396 g/mol. The second-order valence-electron chi connectivity index (χ2n) is 6.32. The highest BCUT2D eigenvalue weighted by Crippen LogP contribution is 2.32. The fourth-order valence-corrected chi connectivity index (χ4v) is 5.31. The fourth-order valence-electron chi connectivity index (χ4n) is 2.80. The summed E-state index contributed by atoms with van der Waals surface area (Å²) in [6.45, 7) is 5.95. The number of anilines is 1. The van der Waals surface area contributed by atoms with Gasteiger partial charge in [-0.15, -0.1) is 0 Å². The molecule has 1 fully saturated rings. The van der Waals surface area contributed by atoms with Gasteiger partial charge in [0.15, 0.2) is 5.13 Å². The number of hydrogen-bond acceptors (Lipinski definition) is 6. The van der Waals surface area contributed by atoms with E-state index < -0.39 is 10.0 Å². The van der Waals surface area contributed by atoms with Crippen LogP contribution in [0.15, 0.2) is 30.3 Å². The Balaban J connectivity index is 1.85. The number of ether oxygens (including phenoxy) is 1. The number of nitrogens with zero attached hydrogens (tertiary/aromatic N) is 2. The summed E-state index contributed by atoms with van der Waals surface area (Å²) in [5, 5.41) is 0.447. The van der Waals surface area contributed by atoms with Crippen molar-refractivity contribution in [2.24, 2.45) is 0 Å². The molecule has 142 valence electrons. The van der Waals surface area contributed by atoms with Crippen LogP contribution in [0, 0.1) is 0 Å². The molecule has 1 aliphatic rings. The molecular weight excluding hydrogens is 370 g/mol. The summed E-state index contributed by atoms with van der Waals surface area (Å²) in [7, 11) is -3.35. The molecule has 0 amide bonds. The van der Waals surface area contributed by atoms with Gasteiger partial charge in [-0.3, -0.25) is 9.62 Å². The molecule has 0 bridgehead atoms. The van der Waals surface area contributed by atoms with Gasteiger partial charge in [-0.2, -0.15) is 0 Å². The van der Waals surface area contributed by atoms with Crippen LogP contribution in [-0.4, -0.2) is 50.4 Å². The van der Waals surface area contributed by atoms with Crippen LogP contribution in [0.4, 0.5) is 5.13 Å². The number of hydrogen-bond donors (Lipinski definition) is 1. The Bertz CT molecular complexity index is 800. The standard InChI is InChI=1S/C18H25N3O3S2/c1-2-3-13-26(22,23)20-18-19-17(15-7-5-4-6-8-15)16(25-18)14-21-9-11-24-12-10-21/h4-8H,2-3,9-14H2,1H3,(H,19,20). The van der Waals surface area contributed by atoms with Crippen LogP contribution in [-0.2, 0) is 21.3 Å². The molecule has 0 spiro atoms. The summed E-state index contributed by atoms with van der Waals surface area (Å²) in [6.07, 6.45) is 1.49. The molecule has 1 saturated heterocycles. The molecule has 0 saturated carbocycles. The summed E-state index contributed by atoms with van der Waals surface area (Å²) in [5.41, 5.74) is 1.86. The van der Waals surface area contributed by atoms with Crippen LogP contribution >= 0.6 is 11.3 Å². The maximum atomic E-state index is 12.2. The van der Waals surface area contributed by atoms with Gasteiger partial charge in [-0.25, -0.2) is 13.4 Å². The summed E-state index contributed by atoms with van der Waals surface area (Å²) >= 11 is 1.42. The first-order valence-electron chi connectivity index (χ1n) is 8.93. The van der Waals surface area contributed by atoms with E-state index in [-0.39, 0.29) is 5.75 Å². The Labute approximate surface area is 159 Å². The highest BCUT2D eigenvalue weighted by molar-refractivity contribution is 7.92. The molecule has 3 rings (SSSR count). The normalized spacial score (nSPS) is 15.9. The third-order valence-electron chi connectivity index (χ3n) is 4.22. The van der Waals surface area contributed by atoms with Gasteiger partial charge in [0.05, 0.1) is 24.7 Å². The number of rotatable bonds is 8. The van der Waals surface area contributed by atoms with Crippen molar-refractivity contribution < 1.29 is 13.2 Å². The van der Waals surface area contributed by atoms with E-state index in [9.17, 15) is 8.42 Å². The summed E-state index contributed by atoms with van der Waals surface area (Å²) in [6, 6.07) is 9.92. The van der Waals surface area contributed by atoms with E-state index in [4.69, 9.17) is 4.74 Å². The molecule has 0 radical (unpaired) electrons. The van der Waals surface area contributed by atoms with Crippen molar-refractivity contribution in [3.05, 3.63) is 35.2 Å². The Hall–Kier alpha value is -1.48. The van der Waals surface area contributed by atoms with E-state index in [2.05, 4.69) is 14.6 Å². The van der Waals surface area contributed by atoms with E-state index in [1.165, 1.54) is 11.3 Å². The van der Waals surface area contributed by atoms with Gasteiger partial charge < -0.3 is 4.74 Å². The van der Waals surface area contributed by atoms with E-state index in [1.807, 2.05) is 37.3 Å². The van der Waals surface area contributed by atoms with Crippen LogP contribution in [0.2, 0.25) is 0 Å². The zero-order valence-electron chi connectivity index (χ0n) is 15.0. The molecule has 6 nitrogen and oxygen atoms in total. The van der Waals surface area contributed by atoms with Crippen molar-refractivity contribution in [2.45, 2.75) is 26.3 Å². The summed E-state index contributed by atoms with van der Waals surface area (Å²) < 4.78 is 32.5. The van der Waals surface area contributed by atoms with Crippen molar-refractivity contribution in [2.75, 3.05) is 36.8 Å². The SMILES string of the molecule is CCCCS(=O)(=O)Nc1nc(-c2ccccc2)c(CN2CCOCC2)s1. The largest absolute Gasteiger partial charge is 0.379 e. The zero-order chi connectivity index (χ0) is 18.4. The lowest BCUT2D eigenvalue weighted by Gasteiger charge is -2.26. The second kappa shape index (κ2) is 8.94. The molecule has 1 N–H and O–H groups in total. The maximum absolute atomic E-state index is 12.2. The lowest BCUT2D eigenvalue weighted by Crippen LogP contribution is -2.35. The first-order valence-corrected chi connectivity index (χ1v) is 11.4. The number of sulfonamides is 1. The van der Waals surface area contributed by atoms with Crippen LogP contribution in [0.3, 0.4) is 0 Å². The molecule has 1 aromatic heterocycles. The number of benzene rings is 1. The average Bonchev–Trinajstić information content (AvgIpc) is 3.03. The van der Waals surface area contributed by atoms with Crippen LogP contribution in [0.5, 0.6) is 0 Å². The van der Waals surface area contributed by atoms with Crippen molar-refractivity contribution in [3.8, 4) is 11.3 Å². The van der Waals surface area contributed by atoms with Crippen molar-refractivity contribution >= 4 is 26.5 Å². The first-order chi connectivity index (χ1) is 12.6. The van der Waals surface area contributed by atoms with Gasteiger partial charge in [-0.05, 0) is 6.42 Å². The molecule has 1 aliphatic heterocycles. The Kier molecular flexibility index (Phi) is 6.63. The van der Waals surface area contributed by atoms with Gasteiger partial charge in [-0.1, -0.05) is 55.0 Å². The molecule has 8 heteroatoms. The van der Waals surface area contributed by atoms with E-state index in [0.717, 1.165) is 55.4 Å². The van der Waals surface area contributed by atoms with Gasteiger partial charge in [0.25, 0.3) is 0 Å². The lowest BCUT2D eigenvalue weighted by atomic mass is 10.1. The quantitative estimate of drug-likeness (QED) is 0.743. The summed E-state index contributed by atoms with van der Waals surface area (Å²) in [4.78, 5) is 8.00. The number of morpholine rings is 1. The predicted molar refractivity (Wildman–Crippen MR) is 106 cm³/mol. The molecule has 2 heterocycles. The third kappa shape index (κ3) is 5.26. The fraction of sp³-hybridized carbons (Fsp3) is 0.500. The third-order valence-corrected chi connectivity index (χ3v) is 6.64. The van der Waals surface area contributed by atoms with Crippen LogP contribution in [0.25, 0.3) is 11.3 Å².